The van der Waals surface area contributed by atoms with Crippen LogP contribution in [0.4, 0.5) is 8.78 Å². The van der Waals surface area contributed by atoms with Gasteiger partial charge in [0.15, 0.2) is 11.6 Å². The van der Waals surface area contributed by atoms with Gasteiger partial charge in [-0.25, -0.2) is 13.6 Å². The number of aromatic amines is 1. The van der Waals surface area contributed by atoms with Crippen molar-refractivity contribution in [3.63, 3.8) is 0 Å². The molecule has 7 nitrogen and oxygen atoms in total. The number of halogens is 2. The molecule has 1 aromatic heterocycles. The smallest absolute Gasteiger partial charge is 0.339 e. The van der Waals surface area contributed by atoms with Crippen molar-refractivity contribution >= 4 is 17.8 Å². The first-order chi connectivity index (χ1) is 13.7. The van der Waals surface area contributed by atoms with Crippen LogP contribution in [0, 0.1) is 18.6 Å². The normalized spacial score (nSPS) is 11.7. The zero-order valence-electron chi connectivity index (χ0n) is 16.6. The highest BCUT2D eigenvalue weighted by atomic mass is 19.2. The molecule has 2 amide bonds. The van der Waals surface area contributed by atoms with E-state index >= 15 is 0 Å². The van der Waals surface area contributed by atoms with Crippen LogP contribution < -0.4 is 10.6 Å². The fourth-order valence-corrected chi connectivity index (χ4v) is 3.09. The van der Waals surface area contributed by atoms with E-state index in [-0.39, 0.29) is 16.8 Å². The van der Waals surface area contributed by atoms with Crippen molar-refractivity contribution in [1.29, 1.82) is 0 Å². The van der Waals surface area contributed by atoms with E-state index in [4.69, 9.17) is 4.74 Å². The Morgan fingerprint density at radius 3 is 2.45 bits per heavy atom. The highest BCUT2D eigenvalue weighted by Gasteiger charge is 2.28. The standard InChI is InChI=1S/C20H23F2N3O4/c1-5-6-12-15(20(28)29-4)10(2)24-17(12)19(27)25-16(18(26)23-3)11-7-8-13(21)14(22)9-11/h7-9,16,24H,5-6H2,1-4H3,(H,23,26)(H,25,27). The van der Waals surface area contributed by atoms with Gasteiger partial charge in [-0.1, -0.05) is 19.4 Å². The van der Waals surface area contributed by atoms with Gasteiger partial charge in [0.05, 0.1) is 12.7 Å². The van der Waals surface area contributed by atoms with Crippen molar-refractivity contribution in [3.05, 3.63) is 57.9 Å². The Labute approximate surface area is 166 Å². The molecule has 0 saturated carbocycles. The number of likely N-dealkylation sites (N-methyl/N-ethyl adjacent to an activating group) is 1. The van der Waals surface area contributed by atoms with Gasteiger partial charge in [0.25, 0.3) is 5.91 Å². The summed E-state index contributed by atoms with van der Waals surface area (Å²) in [4.78, 5) is 40.2. The minimum atomic E-state index is -1.26. The number of methoxy groups -OCH3 is 1. The average Bonchev–Trinajstić information content (AvgIpc) is 3.03. The van der Waals surface area contributed by atoms with Gasteiger partial charge in [-0.15, -0.1) is 0 Å². The molecule has 29 heavy (non-hydrogen) atoms. The molecule has 1 unspecified atom stereocenters. The van der Waals surface area contributed by atoms with Gasteiger partial charge >= 0.3 is 5.97 Å². The molecule has 0 bridgehead atoms. The van der Waals surface area contributed by atoms with Crippen LogP contribution in [0.3, 0.4) is 0 Å². The molecular formula is C20H23F2N3O4. The summed E-state index contributed by atoms with van der Waals surface area (Å²) in [6.45, 7) is 3.52. The molecule has 3 N–H and O–H groups in total. The van der Waals surface area contributed by atoms with Crippen molar-refractivity contribution in [2.24, 2.45) is 0 Å². The molecule has 9 heteroatoms. The van der Waals surface area contributed by atoms with Crippen LogP contribution in [-0.2, 0) is 16.0 Å². The van der Waals surface area contributed by atoms with E-state index in [2.05, 4.69) is 15.6 Å². The minimum Gasteiger partial charge on any atom is -0.465 e. The molecule has 0 aliphatic rings. The second-order valence-corrected chi connectivity index (χ2v) is 6.41. The monoisotopic (exact) mass is 407 g/mol. The third-order valence-electron chi connectivity index (χ3n) is 4.47. The largest absolute Gasteiger partial charge is 0.465 e. The summed E-state index contributed by atoms with van der Waals surface area (Å²) in [7, 11) is 2.60. The minimum absolute atomic E-state index is 0.0742. The Bertz CT molecular complexity index is 940. The molecule has 1 aromatic carbocycles. The highest BCUT2D eigenvalue weighted by Crippen LogP contribution is 2.23. The number of carbonyl (C=O) groups excluding carboxylic acids is 3. The summed E-state index contributed by atoms with van der Waals surface area (Å²) in [6, 6.07) is 1.68. The van der Waals surface area contributed by atoms with Crippen LogP contribution in [0.1, 0.15) is 57.1 Å². The van der Waals surface area contributed by atoms with Gasteiger partial charge < -0.3 is 20.4 Å². The SMILES string of the molecule is CCCc1c(C(=O)NC(C(=O)NC)c2ccc(F)c(F)c2)[nH]c(C)c1C(=O)OC. The van der Waals surface area contributed by atoms with Crippen LogP contribution in [0.5, 0.6) is 0 Å². The van der Waals surface area contributed by atoms with Gasteiger partial charge in [-0.2, -0.15) is 0 Å². The third kappa shape index (κ3) is 4.61. The fraction of sp³-hybridized carbons (Fsp3) is 0.350. The number of ether oxygens (including phenoxy) is 1. The number of rotatable bonds is 7. The first-order valence-corrected chi connectivity index (χ1v) is 9.02. The third-order valence-corrected chi connectivity index (χ3v) is 4.47. The van der Waals surface area contributed by atoms with Crippen molar-refractivity contribution < 1.29 is 27.9 Å². The van der Waals surface area contributed by atoms with E-state index in [1.54, 1.807) is 6.92 Å². The predicted molar refractivity (Wildman–Crippen MR) is 101 cm³/mol. The molecule has 156 valence electrons. The van der Waals surface area contributed by atoms with E-state index in [1.807, 2.05) is 6.92 Å². The number of hydrogen-bond donors (Lipinski definition) is 3. The number of esters is 1. The number of amides is 2. The summed E-state index contributed by atoms with van der Waals surface area (Å²) in [5, 5.41) is 4.90. The summed E-state index contributed by atoms with van der Waals surface area (Å²) < 4.78 is 31.7. The van der Waals surface area contributed by atoms with Crippen LogP contribution in [0.15, 0.2) is 18.2 Å². The number of H-pyrrole nitrogens is 1. The number of aromatic nitrogens is 1. The number of hydrogen-bond acceptors (Lipinski definition) is 4. The van der Waals surface area contributed by atoms with Gasteiger partial charge in [0.2, 0.25) is 5.91 Å². The number of nitrogens with one attached hydrogen (secondary N) is 3. The summed E-state index contributed by atoms with van der Waals surface area (Å²) >= 11 is 0. The molecule has 0 spiro atoms. The van der Waals surface area contributed by atoms with E-state index in [0.717, 1.165) is 12.1 Å². The Morgan fingerprint density at radius 1 is 1.21 bits per heavy atom. The van der Waals surface area contributed by atoms with Gasteiger partial charge in [-0.3, -0.25) is 9.59 Å². The Balaban J connectivity index is 2.45. The van der Waals surface area contributed by atoms with E-state index in [1.165, 1.54) is 20.2 Å². The van der Waals surface area contributed by atoms with Crippen LogP contribution in [-0.4, -0.2) is 36.9 Å². The summed E-state index contributed by atoms with van der Waals surface area (Å²) in [5.74, 6) is -4.06. The van der Waals surface area contributed by atoms with Crippen LogP contribution >= 0.6 is 0 Å². The zero-order chi connectivity index (χ0) is 21.7. The number of aryl methyl sites for hydroxylation is 1. The number of benzene rings is 1. The fourth-order valence-electron chi connectivity index (χ4n) is 3.09. The van der Waals surface area contributed by atoms with Gasteiger partial charge in [-0.05, 0) is 36.6 Å². The maximum Gasteiger partial charge on any atom is 0.339 e. The average molecular weight is 407 g/mol. The lowest BCUT2D eigenvalue weighted by atomic mass is 10.0. The highest BCUT2D eigenvalue weighted by molar-refractivity contribution is 6.02. The quantitative estimate of drug-likeness (QED) is 0.614. The van der Waals surface area contributed by atoms with Crippen LogP contribution in [0.2, 0.25) is 0 Å². The van der Waals surface area contributed by atoms with Crippen molar-refractivity contribution in [2.75, 3.05) is 14.2 Å². The van der Waals surface area contributed by atoms with E-state index in [9.17, 15) is 23.2 Å². The molecule has 0 aliphatic heterocycles. The first-order valence-electron chi connectivity index (χ1n) is 9.02. The first kappa shape index (κ1) is 22.1. The second-order valence-electron chi connectivity index (χ2n) is 6.41. The molecule has 0 aliphatic carbocycles. The molecule has 1 atom stereocenters. The van der Waals surface area contributed by atoms with Crippen molar-refractivity contribution in [2.45, 2.75) is 32.7 Å². The Hall–Kier alpha value is -3.23. The maximum absolute atomic E-state index is 13.6. The van der Waals surface area contributed by atoms with Crippen molar-refractivity contribution in [3.8, 4) is 0 Å². The van der Waals surface area contributed by atoms with Crippen molar-refractivity contribution in [1.82, 2.24) is 15.6 Å². The second kappa shape index (κ2) is 9.31. The summed E-state index contributed by atoms with van der Waals surface area (Å²) in [5.41, 5.74) is 1.38. The molecule has 2 rings (SSSR count). The van der Waals surface area contributed by atoms with E-state index in [0.29, 0.717) is 24.1 Å². The lowest BCUT2D eigenvalue weighted by Gasteiger charge is -2.18. The van der Waals surface area contributed by atoms with Crippen LogP contribution in [0.25, 0.3) is 0 Å². The number of carbonyl (C=O) groups is 3. The van der Waals surface area contributed by atoms with E-state index < -0.39 is 35.5 Å². The molecule has 0 fully saturated rings. The topological polar surface area (TPSA) is 100 Å². The zero-order valence-corrected chi connectivity index (χ0v) is 16.6. The molecule has 1 heterocycles. The summed E-state index contributed by atoms with van der Waals surface area (Å²) in [6.07, 6.45) is 1.08. The molecular weight excluding hydrogens is 384 g/mol. The lowest BCUT2D eigenvalue weighted by Crippen LogP contribution is -2.39. The lowest BCUT2D eigenvalue weighted by molar-refractivity contribution is -0.122. The predicted octanol–water partition coefficient (Wildman–Crippen LogP) is 2.56. The molecule has 0 saturated heterocycles. The maximum atomic E-state index is 13.6. The molecule has 2 aromatic rings. The van der Waals surface area contributed by atoms with Gasteiger partial charge in [0, 0.05) is 12.7 Å². The Kier molecular flexibility index (Phi) is 7.08. The molecule has 0 radical (unpaired) electrons. The van der Waals surface area contributed by atoms with Gasteiger partial charge in [0.1, 0.15) is 11.7 Å². The Morgan fingerprint density at radius 2 is 1.90 bits per heavy atom.